The van der Waals surface area contributed by atoms with Gasteiger partial charge in [-0.2, -0.15) is 0 Å². The van der Waals surface area contributed by atoms with Crippen LogP contribution in [0.5, 0.6) is 5.75 Å². The van der Waals surface area contributed by atoms with E-state index >= 15 is 0 Å². The van der Waals surface area contributed by atoms with Crippen molar-refractivity contribution in [2.24, 2.45) is 5.92 Å². The van der Waals surface area contributed by atoms with Gasteiger partial charge in [-0.05, 0) is 47.3 Å². The van der Waals surface area contributed by atoms with Gasteiger partial charge in [-0.25, -0.2) is 0 Å². The Morgan fingerprint density at radius 1 is 1.40 bits per heavy atom. The molecule has 0 radical (unpaired) electrons. The van der Waals surface area contributed by atoms with E-state index in [2.05, 4.69) is 21.2 Å². The number of carbonyl (C=O) groups excluding carboxylic acids is 1. The molecule has 0 bridgehead atoms. The van der Waals surface area contributed by atoms with Crippen molar-refractivity contribution in [2.45, 2.75) is 25.8 Å². The van der Waals surface area contributed by atoms with E-state index in [0.29, 0.717) is 23.8 Å². The maximum Gasteiger partial charge on any atom is 0.255 e. The second-order valence-electron chi connectivity index (χ2n) is 5.15. The van der Waals surface area contributed by atoms with Crippen molar-refractivity contribution in [1.29, 1.82) is 0 Å². The van der Waals surface area contributed by atoms with Crippen LogP contribution in [0, 0.1) is 12.8 Å². The smallest absolute Gasteiger partial charge is 0.255 e. The number of benzene rings is 1. The summed E-state index contributed by atoms with van der Waals surface area (Å²) in [5.74, 6) is 0.930. The van der Waals surface area contributed by atoms with Crippen LogP contribution in [0.2, 0.25) is 0 Å². The minimum atomic E-state index is -0.0774. The molecule has 0 heterocycles. The highest BCUT2D eigenvalue weighted by Gasteiger charge is 2.33. The van der Waals surface area contributed by atoms with Gasteiger partial charge in [0.1, 0.15) is 5.75 Å². The van der Waals surface area contributed by atoms with Crippen molar-refractivity contribution in [3.8, 4) is 5.75 Å². The lowest BCUT2D eigenvalue weighted by Gasteiger charge is -2.36. The third-order valence-electron chi connectivity index (χ3n) is 3.86. The van der Waals surface area contributed by atoms with Crippen molar-refractivity contribution < 1.29 is 14.3 Å². The first-order chi connectivity index (χ1) is 9.58. The lowest BCUT2D eigenvalue weighted by atomic mass is 9.80. The molecule has 2 atom stereocenters. The Kier molecular flexibility index (Phi) is 5.05. The third kappa shape index (κ3) is 2.99. The van der Waals surface area contributed by atoms with Crippen LogP contribution in [-0.2, 0) is 4.74 Å². The summed E-state index contributed by atoms with van der Waals surface area (Å²) in [5, 5.41) is 3.09. The number of halogens is 1. The van der Waals surface area contributed by atoms with E-state index in [1.807, 2.05) is 19.1 Å². The normalized spacial score (nSPS) is 21.2. The molecule has 1 fully saturated rings. The van der Waals surface area contributed by atoms with Crippen LogP contribution in [0.25, 0.3) is 0 Å². The number of rotatable bonds is 5. The lowest BCUT2D eigenvalue weighted by Crippen LogP contribution is -2.48. The van der Waals surface area contributed by atoms with Crippen LogP contribution < -0.4 is 10.1 Å². The predicted octanol–water partition coefficient (Wildman–Crippen LogP) is 2.92. The van der Waals surface area contributed by atoms with Crippen molar-refractivity contribution >= 4 is 21.8 Å². The molecule has 1 amide bonds. The van der Waals surface area contributed by atoms with Gasteiger partial charge in [0.2, 0.25) is 0 Å². The van der Waals surface area contributed by atoms with E-state index in [1.165, 1.54) is 0 Å². The molecule has 0 aliphatic heterocycles. The molecule has 1 aliphatic carbocycles. The summed E-state index contributed by atoms with van der Waals surface area (Å²) in [5.41, 5.74) is 1.51. The zero-order chi connectivity index (χ0) is 14.7. The van der Waals surface area contributed by atoms with Gasteiger partial charge in [0, 0.05) is 19.1 Å². The van der Waals surface area contributed by atoms with E-state index in [4.69, 9.17) is 9.47 Å². The van der Waals surface area contributed by atoms with Crippen LogP contribution in [0.4, 0.5) is 0 Å². The third-order valence-corrected chi connectivity index (χ3v) is 4.49. The highest BCUT2D eigenvalue weighted by Crippen LogP contribution is 2.33. The molecule has 1 aromatic carbocycles. The molecular weight excluding hydrogens is 322 g/mol. The topological polar surface area (TPSA) is 47.6 Å². The molecule has 0 spiro atoms. The molecular formula is C15H20BrNO3. The molecule has 0 unspecified atom stereocenters. The summed E-state index contributed by atoms with van der Waals surface area (Å²) in [4.78, 5) is 12.5. The number of aryl methyl sites for hydroxylation is 1. The molecule has 1 aromatic rings. The first-order valence-electron chi connectivity index (χ1n) is 6.71. The lowest BCUT2D eigenvalue weighted by molar-refractivity contribution is 0.0668. The number of hydrogen-bond donors (Lipinski definition) is 1. The molecule has 1 saturated carbocycles. The fourth-order valence-electron chi connectivity index (χ4n) is 2.55. The molecule has 110 valence electrons. The summed E-state index contributed by atoms with van der Waals surface area (Å²) < 4.78 is 11.3. The van der Waals surface area contributed by atoms with Crippen LogP contribution >= 0.6 is 15.9 Å². The first-order valence-corrected chi connectivity index (χ1v) is 7.50. The Labute approximate surface area is 128 Å². The summed E-state index contributed by atoms with van der Waals surface area (Å²) in [7, 11) is 3.27. The molecule has 5 heteroatoms. The van der Waals surface area contributed by atoms with Crippen molar-refractivity contribution in [3.05, 3.63) is 27.7 Å². The first kappa shape index (κ1) is 15.3. The average Bonchev–Trinajstić information content (AvgIpc) is 2.42. The van der Waals surface area contributed by atoms with E-state index in [-0.39, 0.29) is 11.9 Å². The second-order valence-corrected chi connectivity index (χ2v) is 6.00. The zero-order valence-corrected chi connectivity index (χ0v) is 13.6. The summed E-state index contributed by atoms with van der Waals surface area (Å²) in [6, 6.07) is 4.00. The number of methoxy groups -OCH3 is 2. The monoisotopic (exact) mass is 341 g/mol. The molecule has 0 aromatic heterocycles. The van der Waals surface area contributed by atoms with Crippen LogP contribution in [0.3, 0.4) is 0 Å². The highest BCUT2D eigenvalue weighted by atomic mass is 79.9. The number of amides is 1. The Balaban J connectivity index is 2.15. The molecule has 20 heavy (non-hydrogen) atoms. The maximum atomic E-state index is 12.5. The molecule has 4 nitrogen and oxygen atoms in total. The van der Waals surface area contributed by atoms with Gasteiger partial charge in [0.25, 0.3) is 5.91 Å². The van der Waals surface area contributed by atoms with Gasteiger partial charge in [-0.1, -0.05) is 6.07 Å². The SMILES string of the molecule is COC[C@H]1CC[C@H]1NC(=O)c1c(C)ccc(Br)c1OC. The minimum Gasteiger partial charge on any atom is -0.495 e. The Morgan fingerprint density at radius 2 is 2.15 bits per heavy atom. The summed E-state index contributed by atoms with van der Waals surface area (Å²) >= 11 is 3.42. The van der Waals surface area contributed by atoms with E-state index in [1.54, 1.807) is 14.2 Å². The van der Waals surface area contributed by atoms with Gasteiger partial charge in [-0.3, -0.25) is 4.79 Å². The van der Waals surface area contributed by atoms with Gasteiger partial charge in [-0.15, -0.1) is 0 Å². The predicted molar refractivity (Wildman–Crippen MR) is 81.3 cm³/mol. The highest BCUT2D eigenvalue weighted by molar-refractivity contribution is 9.10. The molecule has 1 aliphatic rings. The maximum absolute atomic E-state index is 12.5. The summed E-state index contributed by atoms with van der Waals surface area (Å²) in [6.45, 7) is 2.61. The fourth-order valence-corrected chi connectivity index (χ4v) is 3.04. The van der Waals surface area contributed by atoms with E-state index in [9.17, 15) is 4.79 Å². The molecule has 1 N–H and O–H groups in total. The summed E-state index contributed by atoms with van der Waals surface area (Å²) in [6.07, 6.45) is 2.11. The number of ether oxygens (including phenoxy) is 2. The van der Waals surface area contributed by atoms with Crippen molar-refractivity contribution in [2.75, 3.05) is 20.8 Å². The van der Waals surface area contributed by atoms with Crippen LogP contribution in [0.1, 0.15) is 28.8 Å². The fraction of sp³-hybridized carbons (Fsp3) is 0.533. The van der Waals surface area contributed by atoms with Crippen molar-refractivity contribution in [1.82, 2.24) is 5.32 Å². The number of carbonyl (C=O) groups is 1. The Bertz CT molecular complexity index is 504. The zero-order valence-electron chi connectivity index (χ0n) is 12.0. The van der Waals surface area contributed by atoms with Gasteiger partial charge in [0.05, 0.1) is 23.8 Å². The largest absolute Gasteiger partial charge is 0.495 e. The van der Waals surface area contributed by atoms with Crippen molar-refractivity contribution in [3.63, 3.8) is 0 Å². The van der Waals surface area contributed by atoms with E-state index < -0.39 is 0 Å². The number of hydrogen-bond acceptors (Lipinski definition) is 3. The van der Waals surface area contributed by atoms with Crippen LogP contribution in [0.15, 0.2) is 16.6 Å². The van der Waals surface area contributed by atoms with Gasteiger partial charge in [0.15, 0.2) is 0 Å². The second kappa shape index (κ2) is 6.59. The van der Waals surface area contributed by atoms with E-state index in [0.717, 1.165) is 22.9 Å². The minimum absolute atomic E-state index is 0.0774. The Morgan fingerprint density at radius 3 is 2.70 bits per heavy atom. The Hall–Kier alpha value is -1.07. The molecule has 0 saturated heterocycles. The van der Waals surface area contributed by atoms with Gasteiger partial charge >= 0.3 is 0 Å². The number of nitrogens with one attached hydrogen (secondary N) is 1. The van der Waals surface area contributed by atoms with Crippen LogP contribution in [-0.4, -0.2) is 32.8 Å². The average molecular weight is 342 g/mol. The molecule has 2 rings (SSSR count). The standard InChI is InChI=1S/C15H20BrNO3/c1-9-4-6-11(16)14(20-3)13(9)15(18)17-12-7-5-10(12)8-19-2/h4,6,10,12H,5,7-8H2,1-3H3,(H,17,18)/t10-,12-/m1/s1. The van der Waals surface area contributed by atoms with Gasteiger partial charge < -0.3 is 14.8 Å². The quantitative estimate of drug-likeness (QED) is 0.895.